The lowest BCUT2D eigenvalue weighted by Gasteiger charge is -2.32. The smallest absolute Gasteiger partial charge is 0.426 e. The number of fused-ring (bicyclic) bond motifs is 2. The van der Waals surface area contributed by atoms with Crippen molar-refractivity contribution in [2.75, 3.05) is 19.7 Å². The Kier molecular flexibility index (Phi) is 8.30. The minimum atomic E-state index is -1.17. The van der Waals surface area contributed by atoms with Crippen LogP contribution in [0.4, 0.5) is 9.59 Å². The van der Waals surface area contributed by atoms with E-state index in [0.29, 0.717) is 12.8 Å². The summed E-state index contributed by atoms with van der Waals surface area (Å²) in [6.45, 7) is 7.19. The number of rotatable bonds is 3. The van der Waals surface area contributed by atoms with Crippen LogP contribution in [0.3, 0.4) is 0 Å². The summed E-state index contributed by atoms with van der Waals surface area (Å²) < 4.78 is 10.5. The van der Waals surface area contributed by atoms with Gasteiger partial charge in [-0.2, -0.15) is 0 Å². The third-order valence-corrected chi connectivity index (χ3v) is 6.30. The molecule has 3 rings (SSSR count). The van der Waals surface area contributed by atoms with Crippen molar-refractivity contribution in [2.24, 2.45) is 5.92 Å². The SMILES string of the molecule is CCOC(=O)C12CC1/C=C\CCCCCN(NC(=O)OC(C)(C)C)C(=O)N1CC(O)CC1C(=O)N2. The maximum Gasteiger partial charge on any atom is 0.426 e. The van der Waals surface area contributed by atoms with Gasteiger partial charge in [-0.25, -0.2) is 24.8 Å². The summed E-state index contributed by atoms with van der Waals surface area (Å²) in [6.07, 6.45) is 5.78. The van der Waals surface area contributed by atoms with Crippen LogP contribution in [0.25, 0.3) is 0 Å². The molecule has 11 nitrogen and oxygen atoms in total. The van der Waals surface area contributed by atoms with Gasteiger partial charge in [-0.15, -0.1) is 0 Å². The number of aliphatic hydroxyl groups is 1. The minimum absolute atomic E-state index is 0.0251. The number of carbonyl (C=O) groups is 4. The first-order valence-electron chi connectivity index (χ1n) is 12.4. The zero-order valence-corrected chi connectivity index (χ0v) is 21.0. The third kappa shape index (κ3) is 6.65. The van der Waals surface area contributed by atoms with Gasteiger partial charge in [0.2, 0.25) is 5.91 Å². The molecule has 0 radical (unpaired) electrons. The van der Waals surface area contributed by atoms with Gasteiger partial charge in [0.25, 0.3) is 0 Å². The fourth-order valence-electron chi connectivity index (χ4n) is 4.52. The number of aliphatic hydroxyl groups excluding tert-OH is 1. The molecule has 2 aliphatic heterocycles. The molecule has 4 unspecified atom stereocenters. The number of ether oxygens (including phenoxy) is 2. The summed E-state index contributed by atoms with van der Waals surface area (Å²) in [4.78, 5) is 53.2. The predicted octanol–water partition coefficient (Wildman–Crippen LogP) is 1.85. The highest BCUT2D eigenvalue weighted by Crippen LogP contribution is 2.46. The number of nitrogens with one attached hydrogen (secondary N) is 2. The minimum Gasteiger partial charge on any atom is -0.464 e. The number of hydrogen-bond acceptors (Lipinski definition) is 7. The molecule has 0 aromatic carbocycles. The number of urea groups is 1. The molecule has 35 heavy (non-hydrogen) atoms. The Labute approximate surface area is 206 Å². The number of carbonyl (C=O) groups excluding carboxylic acids is 4. The molecular weight excluding hydrogens is 456 g/mol. The molecule has 3 N–H and O–H groups in total. The maximum absolute atomic E-state index is 13.5. The van der Waals surface area contributed by atoms with Crippen molar-refractivity contribution in [3.05, 3.63) is 12.2 Å². The average molecular weight is 495 g/mol. The molecule has 4 amide bonds. The number of amides is 4. The molecular formula is C24H38N4O7. The molecule has 0 aromatic heterocycles. The Hall–Kier alpha value is -2.82. The zero-order valence-electron chi connectivity index (χ0n) is 21.0. The van der Waals surface area contributed by atoms with Crippen LogP contribution in [0.1, 0.15) is 66.2 Å². The molecule has 0 spiro atoms. The van der Waals surface area contributed by atoms with Gasteiger partial charge in [-0.05, 0) is 53.4 Å². The van der Waals surface area contributed by atoms with Gasteiger partial charge in [0.1, 0.15) is 17.2 Å². The molecule has 2 heterocycles. The second-order valence-corrected chi connectivity index (χ2v) is 10.4. The Morgan fingerprint density at radius 3 is 2.69 bits per heavy atom. The van der Waals surface area contributed by atoms with E-state index in [4.69, 9.17) is 9.47 Å². The molecule has 2 fully saturated rings. The van der Waals surface area contributed by atoms with Crippen molar-refractivity contribution in [1.82, 2.24) is 20.7 Å². The molecule has 3 aliphatic rings. The van der Waals surface area contributed by atoms with Gasteiger partial charge in [-0.3, -0.25) is 4.79 Å². The van der Waals surface area contributed by atoms with Crippen LogP contribution in [0.5, 0.6) is 0 Å². The van der Waals surface area contributed by atoms with E-state index in [1.165, 1.54) is 4.90 Å². The summed E-state index contributed by atoms with van der Waals surface area (Å²) in [5.74, 6) is -1.22. The number of esters is 1. The lowest BCUT2D eigenvalue weighted by Crippen LogP contribution is -2.58. The summed E-state index contributed by atoms with van der Waals surface area (Å²) >= 11 is 0. The van der Waals surface area contributed by atoms with Gasteiger partial charge >= 0.3 is 18.1 Å². The molecule has 196 valence electrons. The van der Waals surface area contributed by atoms with Crippen molar-refractivity contribution in [1.29, 1.82) is 0 Å². The van der Waals surface area contributed by atoms with Crippen LogP contribution in [0.2, 0.25) is 0 Å². The first kappa shape index (κ1) is 26.8. The van der Waals surface area contributed by atoms with E-state index < -0.39 is 47.3 Å². The number of hydrazine groups is 1. The molecule has 0 aromatic rings. The van der Waals surface area contributed by atoms with Gasteiger partial charge < -0.3 is 24.8 Å². The molecule has 4 atom stereocenters. The fraction of sp³-hybridized carbons (Fsp3) is 0.750. The van der Waals surface area contributed by atoms with Gasteiger partial charge in [0.05, 0.1) is 12.7 Å². The van der Waals surface area contributed by atoms with Crippen LogP contribution < -0.4 is 10.7 Å². The summed E-state index contributed by atoms with van der Waals surface area (Å²) in [7, 11) is 0. The van der Waals surface area contributed by atoms with Crippen LogP contribution >= 0.6 is 0 Å². The molecule has 0 bridgehead atoms. The second kappa shape index (κ2) is 10.8. The summed E-state index contributed by atoms with van der Waals surface area (Å²) in [5, 5.41) is 14.3. The normalized spacial score (nSPS) is 30.7. The Morgan fingerprint density at radius 2 is 2.00 bits per heavy atom. The first-order valence-corrected chi connectivity index (χ1v) is 12.4. The quantitative estimate of drug-likeness (QED) is 0.402. The Balaban J connectivity index is 1.84. The maximum atomic E-state index is 13.5. The Morgan fingerprint density at radius 1 is 1.26 bits per heavy atom. The van der Waals surface area contributed by atoms with Gasteiger partial charge in [-0.1, -0.05) is 18.6 Å². The molecule has 1 saturated carbocycles. The third-order valence-electron chi connectivity index (χ3n) is 6.30. The van der Waals surface area contributed by atoms with Crippen LogP contribution in [-0.4, -0.2) is 82.0 Å². The fourth-order valence-corrected chi connectivity index (χ4v) is 4.52. The number of allylic oxidation sites excluding steroid dienone is 1. The van der Waals surface area contributed by atoms with Gasteiger partial charge in [0.15, 0.2) is 0 Å². The van der Waals surface area contributed by atoms with Crippen molar-refractivity contribution < 1.29 is 33.8 Å². The number of hydrogen-bond donors (Lipinski definition) is 3. The van der Waals surface area contributed by atoms with E-state index in [9.17, 15) is 24.3 Å². The lowest BCUT2D eigenvalue weighted by atomic mass is 10.1. The lowest BCUT2D eigenvalue weighted by molar-refractivity contribution is -0.149. The van der Waals surface area contributed by atoms with Crippen LogP contribution in [0, 0.1) is 5.92 Å². The average Bonchev–Trinajstić information content (AvgIpc) is 3.30. The second-order valence-electron chi connectivity index (χ2n) is 10.4. The first-order chi connectivity index (χ1) is 16.5. The number of nitrogens with zero attached hydrogens (tertiary/aromatic N) is 2. The van der Waals surface area contributed by atoms with E-state index in [2.05, 4.69) is 10.7 Å². The predicted molar refractivity (Wildman–Crippen MR) is 126 cm³/mol. The summed E-state index contributed by atoms with van der Waals surface area (Å²) in [5.41, 5.74) is 0.577. The van der Waals surface area contributed by atoms with Crippen molar-refractivity contribution in [2.45, 2.75) is 89.5 Å². The van der Waals surface area contributed by atoms with E-state index in [0.717, 1.165) is 24.3 Å². The van der Waals surface area contributed by atoms with Crippen molar-refractivity contribution in [3.8, 4) is 0 Å². The van der Waals surface area contributed by atoms with Crippen molar-refractivity contribution >= 4 is 24.0 Å². The summed E-state index contributed by atoms with van der Waals surface area (Å²) in [6, 6.07) is -1.61. The molecule has 1 aliphatic carbocycles. The van der Waals surface area contributed by atoms with E-state index in [1.54, 1.807) is 27.7 Å². The van der Waals surface area contributed by atoms with E-state index in [1.807, 2.05) is 12.2 Å². The molecule has 11 heteroatoms. The Bertz CT molecular complexity index is 855. The highest BCUT2D eigenvalue weighted by atomic mass is 16.6. The largest absolute Gasteiger partial charge is 0.464 e. The molecule has 1 saturated heterocycles. The van der Waals surface area contributed by atoms with Crippen molar-refractivity contribution in [3.63, 3.8) is 0 Å². The topological polar surface area (TPSA) is 138 Å². The standard InChI is InChI=1S/C24H38N4O7/c1-5-34-20(31)24-14-16(24)11-9-7-6-8-10-12-28(26-21(32)35-23(2,3)4)22(33)27-15-17(29)13-18(27)19(30)25-24/h9,11,16-18,29H,5-8,10,12-15H2,1-4H3,(H,25,30)(H,26,32)/b11-9-. The van der Waals surface area contributed by atoms with Crippen LogP contribution in [0.15, 0.2) is 12.2 Å². The highest BCUT2D eigenvalue weighted by molar-refractivity contribution is 5.95. The highest BCUT2D eigenvalue weighted by Gasteiger charge is 2.62. The van der Waals surface area contributed by atoms with E-state index in [-0.39, 0.29) is 32.0 Å². The van der Waals surface area contributed by atoms with E-state index >= 15 is 0 Å². The van der Waals surface area contributed by atoms with Crippen LogP contribution in [-0.2, 0) is 19.1 Å². The zero-order chi connectivity index (χ0) is 25.8. The van der Waals surface area contributed by atoms with Gasteiger partial charge in [0, 0.05) is 25.4 Å². The monoisotopic (exact) mass is 494 g/mol.